The van der Waals surface area contributed by atoms with E-state index in [1.54, 1.807) is 18.2 Å². The Morgan fingerprint density at radius 2 is 2.06 bits per heavy atom. The van der Waals surface area contributed by atoms with Crippen LogP contribution in [0.25, 0.3) is 0 Å². The van der Waals surface area contributed by atoms with Crippen LogP contribution in [0, 0.1) is 0 Å². The number of rotatable bonds is 5. The number of nitrogens with one attached hydrogen (secondary N) is 1. The molecule has 3 N–H and O–H groups in total. The number of halogens is 3. The normalized spacial score (nSPS) is 13.4. The van der Waals surface area contributed by atoms with Gasteiger partial charge in [-0.3, -0.25) is 0 Å². The fraction of sp³-hybridized carbons (Fsp3) is 0.500. The van der Waals surface area contributed by atoms with E-state index in [-0.39, 0.29) is 0 Å². The molecule has 0 radical (unpaired) electrons. The number of anilines is 1. The van der Waals surface area contributed by atoms with E-state index in [1.807, 2.05) is 0 Å². The SMILES string of the molecule is COc1cc(N)ccc1CNC(C)CC(F)(F)F. The highest BCUT2D eigenvalue weighted by atomic mass is 19.4. The first-order chi connectivity index (χ1) is 8.31. The Kier molecular flexibility index (Phi) is 4.84. The van der Waals surface area contributed by atoms with Crippen LogP contribution in [0.1, 0.15) is 18.9 Å². The zero-order valence-electron chi connectivity index (χ0n) is 10.3. The van der Waals surface area contributed by atoms with E-state index in [9.17, 15) is 13.2 Å². The second-order valence-electron chi connectivity index (χ2n) is 4.17. The van der Waals surface area contributed by atoms with Gasteiger partial charge in [0, 0.05) is 29.9 Å². The number of nitrogens with two attached hydrogens (primary N) is 1. The Morgan fingerprint density at radius 1 is 1.39 bits per heavy atom. The molecule has 1 atom stereocenters. The summed E-state index contributed by atoms with van der Waals surface area (Å²) in [7, 11) is 1.50. The van der Waals surface area contributed by atoms with Crippen molar-refractivity contribution in [1.82, 2.24) is 5.32 Å². The third-order valence-corrected chi connectivity index (χ3v) is 2.49. The molecule has 1 rings (SSSR count). The van der Waals surface area contributed by atoms with Crippen LogP contribution in [0.4, 0.5) is 18.9 Å². The second kappa shape index (κ2) is 5.95. The monoisotopic (exact) mass is 262 g/mol. The van der Waals surface area contributed by atoms with Crippen molar-refractivity contribution in [1.29, 1.82) is 0 Å². The Hall–Kier alpha value is -1.43. The molecule has 102 valence electrons. The van der Waals surface area contributed by atoms with Crippen molar-refractivity contribution in [2.24, 2.45) is 0 Å². The molecule has 0 aliphatic rings. The molecule has 0 aliphatic heterocycles. The number of alkyl halides is 3. The molecule has 0 aromatic heterocycles. The van der Waals surface area contributed by atoms with Crippen molar-refractivity contribution in [2.75, 3.05) is 12.8 Å². The van der Waals surface area contributed by atoms with Crippen LogP contribution in [0.2, 0.25) is 0 Å². The van der Waals surface area contributed by atoms with Crippen molar-refractivity contribution in [3.63, 3.8) is 0 Å². The minimum atomic E-state index is -4.16. The third-order valence-electron chi connectivity index (χ3n) is 2.49. The largest absolute Gasteiger partial charge is 0.496 e. The Balaban J connectivity index is 2.58. The smallest absolute Gasteiger partial charge is 0.390 e. The highest BCUT2D eigenvalue weighted by molar-refractivity contribution is 5.48. The van der Waals surface area contributed by atoms with Gasteiger partial charge >= 0.3 is 6.18 Å². The molecule has 0 spiro atoms. The Bertz CT molecular complexity index is 393. The summed E-state index contributed by atoms with van der Waals surface area (Å²) in [6.07, 6.45) is -5.01. The van der Waals surface area contributed by atoms with E-state index in [4.69, 9.17) is 10.5 Å². The molecule has 0 fully saturated rings. The van der Waals surface area contributed by atoms with Crippen LogP contribution in [0.3, 0.4) is 0 Å². The zero-order chi connectivity index (χ0) is 13.8. The van der Waals surface area contributed by atoms with Gasteiger partial charge in [0.2, 0.25) is 0 Å². The maximum atomic E-state index is 12.1. The summed E-state index contributed by atoms with van der Waals surface area (Å²) in [6.45, 7) is 1.80. The molecule has 0 saturated carbocycles. The molecule has 18 heavy (non-hydrogen) atoms. The first-order valence-electron chi connectivity index (χ1n) is 5.54. The predicted octanol–water partition coefficient (Wildman–Crippen LogP) is 2.71. The van der Waals surface area contributed by atoms with Crippen LogP contribution in [0.5, 0.6) is 5.75 Å². The van der Waals surface area contributed by atoms with Crippen molar-refractivity contribution >= 4 is 5.69 Å². The molecule has 1 aromatic carbocycles. The van der Waals surface area contributed by atoms with Gasteiger partial charge in [0.05, 0.1) is 13.5 Å². The van der Waals surface area contributed by atoms with Gasteiger partial charge in [-0.2, -0.15) is 13.2 Å². The van der Waals surface area contributed by atoms with E-state index >= 15 is 0 Å². The summed E-state index contributed by atoms with van der Waals surface area (Å²) >= 11 is 0. The van der Waals surface area contributed by atoms with Crippen LogP contribution >= 0.6 is 0 Å². The van der Waals surface area contributed by atoms with Gasteiger partial charge in [-0.25, -0.2) is 0 Å². The molecule has 0 bridgehead atoms. The maximum absolute atomic E-state index is 12.1. The summed E-state index contributed by atoms with van der Waals surface area (Å²) in [5.74, 6) is 0.571. The minimum Gasteiger partial charge on any atom is -0.496 e. The lowest BCUT2D eigenvalue weighted by atomic mass is 10.1. The average molecular weight is 262 g/mol. The lowest BCUT2D eigenvalue weighted by molar-refractivity contribution is -0.139. The highest BCUT2D eigenvalue weighted by Gasteiger charge is 2.29. The first kappa shape index (κ1) is 14.6. The van der Waals surface area contributed by atoms with Crippen LogP contribution in [-0.2, 0) is 6.54 Å². The van der Waals surface area contributed by atoms with Crippen LogP contribution in [0.15, 0.2) is 18.2 Å². The van der Waals surface area contributed by atoms with E-state index in [0.29, 0.717) is 18.0 Å². The zero-order valence-corrected chi connectivity index (χ0v) is 10.3. The quantitative estimate of drug-likeness (QED) is 0.802. The Labute approximate surface area is 104 Å². The molecule has 6 heteroatoms. The summed E-state index contributed by atoms with van der Waals surface area (Å²) in [4.78, 5) is 0. The van der Waals surface area contributed by atoms with E-state index in [1.165, 1.54) is 14.0 Å². The van der Waals surface area contributed by atoms with Gasteiger partial charge in [0.15, 0.2) is 0 Å². The number of methoxy groups -OCH3 is 1. The number of benzene rings is 1. The van der Waals surface area contributed by atoms with Crippen molar-refractivity contribution in [2.45, 2.75) is 32.1 Å². The Morgan fingerprint density at radius 3 is 2.61 bits per heavy atom. The third kappa shape index (κ3) is 4.83. The summed E-state index contributed by atoms with van der Waals surface area (Å²) in [6, 6.07) is 4.42. The molecular weight excluding hydrogens is 245 g/mol. The number of ether oxygens (including phenoxy) is 1. The van der Waals surface area contributed by atoms with E-state index in [0.717, 1.165) is 5.56 Å². The summed E-state index contributed by atoms with van der Waals surface area (Å²) < 4.78 is 41.6. The highest BCUT2D eigenvalue weighted by Crippen LogP contribution is 2.23. The fourth-order valence-electron chi connectivity index (χ4n) is 1.61. The average Bonchev–Trinajstić information content (AvgIpc) is 2.24. The van der Waals surface area contributed by atoms with Crippen molar-refractivity contribution in [3.05, 3.63) is 23.8 Å². The van der Waals surface area contributed by atoms with Gasteiger partial charge in [0.25, 0.3) is 0 Å². The molecule has 0 amide bonds. The summed E-state index contributed by atoms with van der Waals surface area (Å²) in [5.41, 5.74) is 6.93. The van der Waals surface area contributed by atoms with Gasteiger partial charge < -0.3 is 15.8 Å². The number of hydrogen-bond donors (Lipinski definition) is 2. The predicted molar refractivity (Wildman–Crippen MR) is 64.4 cm³/mol. The fourth-order valence-corrected chi connectivity index (χ4v) is 1.61. The van der Waals surface area contributed by atoms with Gasteiger partial charge in [-0.05, 0) is 13.0 Å². The first-order valence-corrected chi connectivity index (χ1v) is 5.54. The van der Waals surface area contributed by atoms with Crippen molar-refractivity contribution < 1.29 is 17.9 Å². The maximum Gasteiger partial charge on any atom is 0.390 e. The molecular formula is C12H17F3N2O. The van der Waals surface area contributed by atoms with Crippen LogP contribution < -0.4 is 15.8 Å². The van der Waals surface area contributed by atoms with Gasteiger partial charge in [0.1, 0.15) is 5.75 Å². The van der Waals surface area contributed by atoms with E-state index in [2.05, 4.69) is 5.32 Å². The number of nitrogen functional groups attached to an aromatic ring is 1. The minimum absolute atomic E-state index is 0.306. The number of hydrogen-bond acceptors (Lipinski definition) is 3. The molecule has 0 saturated heterocycles. The molecule has 1 unspecified atom stereocenters. The van der Waals surface area contributed by atoms with Crippen molar-refractivity contribution in [3.8, 4) is 5.75 Å². The molecule has 0 aliphatic carbocycles. The van der Waals surface area contributed by atoms with E-state index < -0.39 is 18.6 Å². The summed E-state index contributed by atoms with van der Waals surface area (Å²) in [5, 5.41) is 2.81. The topological polar surface area (TPSA) is 47.3 Å². The van der Waals surface area contributed by atoms with Gasteiger partial charge in [-0.15, -0.1) is 0 Å². The lowest BCUT2D eigenvalue weighted by Crippen LogP contribution is -2.30. The lowest BCUT2D eigenvalue weighted by Gasteiger charge is -2.17. The standard InChI is InChI=1S/C12H17F3N2O/c1-8(6-12(13,14)15)17-7-9-3-4-10(16)5-11(9)18-2/h3-5,8,17H,6-7,16H2,1-2H3. The molecule has 3 nitrogen and oxygen atoms in total. The molecule has 0 heterocycles. The second-order valence-corrected chi connectivity index (χ2v) is 4.17. The van der Waals surface area contributed by atoms with Crippen LogP contribution in [-0.4, -0.2) is 19.3 Å². The van der Waals surface area contributed by atoms with Gasteiger partial charge in [-0.1, -0.05) is 6.07 Å². The molecule has 1 aromatic rings.